The van der Waals surface area contributed by atoms with Gasteiger partial charge < -0.3 is 15.1 Å². The summed E-state index contributed by atoms with van der Waals surface area (Å²) in [5.41, 5.74) is 3.05. The van der Waals surface area contributed by atoms with Gasteiger partial charge in [-0.2, -0.15) is 10.1 Å². The van der Waals surface area contributed by atoms with Crippen molar-refractivity contribution in [3.63, 3.8) is 0 Å². The van der Waals surface area contributed by atoms with Crippen LogP contribution in [-0.4, -0.2) is 71.5 Å². The smallest absolute Gasteiger partial charge is 0.277 e. The first-order valence-electron chi connectivity index (χ1n) is 16.4. The lowest BCUT2D eigenvalue weighted by Gasteiger charge is -2.36. The molecule has 0 bridgehead atoms. The molecule has 7 aromatic rings. The number of carbonyl (C=O) groups excluding carboxylic acids is 1. The predicted molar refractivity (Wildman–Crippen MR) is 191 cm³/mol. The van der Waals surface area contributed by atoms with Crippen LogP contribution < -0.4 is 21.3 Å². The minimum Gasteiger partial charge on any atom is -0.368 e. The van der Waals surface area contributed by atoms with Crippen molar-refractivity contribution < 1.29 is 9.18 Å². The fourth-order valence-electron chi connectivity index (χ4n) is 6.46. The van der Waals surface area contributed by atoms with Crippen LogP contribution in [-0.2, 0) is 13.5 Å². The number of benzene rings is 3. The first-order valence-corrected chi connectivity index (χ1v) is 16.4. The Labute approximate surface area is 289 Å². The number of H-pyrrole nitrogens is 1. The van der Waals surface area contributed by atoms with Gasteiger partial charge in [0.05, 0.1) is 16.6 Å². The van der Waals surface area contributed by atoms with Crippen molar-refractivity contribution in [1.82, 2.24) is 39.4 Å². The number of hydrogen-bond acceptors (Lipinski definition) is 9. The molecule has 1 aliphatic rings. The van der Waals surface area contributed by atoms with Crippen molar-refractivity contribution in [3.05, 3.63) is 141 Å². The van der Waals surface area contributed by atoms with Crippen molar-refractivity contribution >= 4 is 45.0 Å². The van der Waals surface area contributed by atoms with Crippen LogP contribution in [0.3, 0.4) is 0 Å². The lowest BCUT2D eigenvalue weighted by atomic mass is 10.0. The zero-order valence-electron chi connectivity index (χ0n) is 27.5. The average Bonchev–Trinajstić information content (AvgIpc) is 3.42. The summed E-state index contributed by atoms with van der Waals surface area (Å²) in [6.45, 7) is 2.01. The third-order valence-electron chi connectivity index (χ3n) is 9.12. The van der Waals surface area contributed by atoms with Gasteiger partial charge in [0.1, 0.15) is 11.2 Å². The molecule has 1 fully saturated rings. The summed E-state index contributed by atoms with van der Waals surface area (Å²) in [5.74, 6) is -0.0477. The van der Waals surface area contributed by atoms with Crippen LogP contribution in [0, 0.1) is 5.82 Å². The van der Waals surface area contributed by atoms with Gasteiger partial charge in [-0.05, 0) is 60.2 Å². The zero-order valence-corrected chi connectivity index (χ0v) is 27.5. The molecule has 0 spiro atoms. The fraction of sp³-hybridized carbons (Fsp3) is 0.162. The normalized spacial score (nSPS) is 13.2. The largest absolute Gasteiger partial charge is 0.368 e. The number of piperazine rings is 1. The fourth-order valence-corrected chi connectivity index (χ4v) is 6.46. The molecule has 14 heteroatoms. The van der Waals surface area contributed by atoms with E-state index in [1.807, 2.05) is 42.5 Å². The molecular weight excluding hydrogens is 651 g/mol. The highest BCUT2D eigenvalue weighted by atomic mass is 19.1. The van der Waals surface area contributed by atoms with E-state index in [2.05, 4.69) is 35.4 Å². The minimum atomic E-state index is -0.580. The Balaban J connectivity index is 0.928. The second-order valence-electron chi connectivity index (χ2n) is 12.2. The van der Waals surface area contributed by atoms with Crippen LogP contribution >= 0.6 is 0 Å². The maximum absolute atomic E-state index is 15.0. The number of amides is 1. The van der Waals surface area contributed by atoms with E-state index in [0.29, 0.717) is 77.4 Å². The Hall–Kier alpha value is -6.70. The van der Waals surface area contributed by atoms with Gasteiger partial charge in [-0.25, -0.2) is 28.8 Å². The molecule has 13 nitrogen and oxygen atoms in total. The van der Waals surface area contributed by atoms with Crippen molar-refractivity contribution in [2.24, 2.45) is 7.05 Å². The van der Waals surface area contributed by atoms with Gasteiger partial charge in [-0.15, -0.1) is 0 Å². The number of nitrogens with one attached hydrogen (secondary N) is 2. The molecule has 3 aromatic carbocycles. The number of hydrogen-bond donors (Lipinski definition) is 2. The second-order valence-corrected chi connectivity index (χ2v) is 12.2. The average molecular weight is 683 g/mol. The van der Waals surface area contributed by atoms with E-state index < -0.39 is 5.82 Å². The van der Waals surface area contributed by atoms with E-state index >= 15 is 0 Å². The van der Waals surface area contributed by atoms with E-state index in [1.54, 1.807) is 59.2 Å². The predicted octanol–water partition coefficient (Wildman–Crippen LogP) is 4.19. The molecule has 8 rings (SSSR count). The van der Waals surface area contributed by atoms with Gasteiger partial charge in [-0.1, -0.05) is 30.3 Å². The Morgan fingerprint density at radius 3 is 2.41 bits per heavy atom. The topological polar surface area (TPSA) is 147 Å². The van der Waals surface area contributed by atoms with E-state index in [0.717, 1.165) is 11.4 Å². The SMILES string of the molecule is Cn1c(=O)c2cnc(Nc3ccc(N4CCN(C(=O)c5cc(Cc6n[nH]c(=O)c7ccccc67)ccc5F)CC4)cc3)nc2n1-c1ccccn1. The Morgan fingerprint density at radius 1 is 0.882 bits per heavy atom. The van der Waals surface area contributed by atoms with E-state index in [-0.39, 0.29) is 22.6 Å². The van der Waals surface area contributed by atoms with E-state index in [9.17, 15) is 18.8 Å². The summed E-state index contributed by atoms with van der Waals surface area (Å²) in [6.07, 6.45) is 3.49. The summed E-state index contributed by atoms with van der Waals surface area (Å²) in [4.78, 5) is 55.7. The van der Waals surface area contributed by atoms with Crippen molar-refractivity contribution in [2.75, 3.05) is 36.4 Å². The number of rotatable bonds is 7. The molecule has 1 amide bonds. The van der Waals surface area contributed by atoms with Gasteiger partial charge in [0.25, 0.3) is 17.0 Å². The van der Waals surface area contributed by atoms with Crippen LogP contribution in [0.1, 0.15) is 21.6 Å². The number of pyridine rings is 1. The highest BCUT2D eigenvalue weighted by Gasteiger charge is 2.25. The monoisotopic (exact) mass is 682 g/mol. The molecule has 1 aliphatic heterocycles. The van der Waals surface area contributed by atoms with Crippen molar-refractivity contribution in [2.45, 2.75) is 6.42 Å². The quantitative estimate of drug-likeness (QED) is 0.253. The van der Waals surface area contributed by atoms with E-state index in [1.165, 1.54) is 16.9 Å². The Morgan fingerprint density at radius 2 is 1.65 bits per heavy atom. The summed E-state index contributed by atoms with van der Waals surface area (Å²) in [6, 6.07) is 24.9. The highest BCUT2D eigenvalue weighted by molar-refractivity contribution is 5.95. The van der Waals surface area contributed by atoms with Crippen LogP contribution in [0.4, 0.5) is 21.7 Å². The number of aromatic nitrogens is 7. The molecule has 0 unspecified atom stereocenters. The lowest BCUT2D eigenvalue weighted by Crippen LogP contribution is -2.49. The number of carbonyl (C=O) groups is 1. The third kappa shape index (κ3) is 5.96. The maximum atomic E-state index is 15.0. The van der Waals surface area contributed by atoms with Crippen LogP contribution in [0.25, 0.3) is 27.6 Å². The van der Waals surface area contributed by atoms with Crippen LogP contribution in [0.5, 0.6) is 0 Å². The molecule has 254 valence electrons. The summed E-state index contributed by atoms with van der Waals surface area (Å²) in [7, 11) is 1.66. The highest BCUT2D eigenvalue weighted by Crippen LogP contribution is 2.24. The first-order chi connectivity index (χ1) is 24.8. The Kier molecular flexibility index (Phi) is 8.02. The molecule has 51 heavy (non-hydrogen) atoms. The third-order valence-corrected chi connectivity index (χ3v) is 9.12. The van der Waals surface area contributed by atoms with Crippen LogP contribution in [0.2, 0.25) is 0 Å². The molecule has 0 radical (unpaired) electrons. The Bertz CT molecular complexity index is 2540. The molecule has 0 atom stereocenters. The molecular formula is C37H31FN10O3. The van der Waals surface area contributed by atoms with Gasteiger partial charge in [0.2, 0.25) is 5.95 Å². The van der Waals surface area contributed by atoms with Crippen molar-refractivity contribution in [3.8, 4) is 5.82 Å². The summed E-state index contributed by atoms with van der Waals surface area (Å²) >= 11 is 0. The molecule has 0 saturated carbocycles. The number of aromatic amines is 1. The number of anilines is 3. The number of halogens is 1. The van der Waals surface area contributed by atoms with Gasteiger partial charge >= 0.3 is 0 Å². The second kappa shape index (κ2) is 13.0. The lowest BCUT2D eigenvalue weighted by molar-refractivity contribution is 0.0742. The van der Waals surface area contributed by atoms with E-state index in [4.69, 9.17) is 0 Å². The summed E-state index contributed by atoms with van der Waals surface area (Å²) < 4.78 is 18.1. The molecule has 4 aromatic heterocycles. The number of nitrogens with zero attached hydrogens (tertiary/aromatic N) is 8. The van der Waals surface area contributed by atoms with Gasteiger partial charge in [0.15, 0.2) is 11.5 Å². The first kappa shape index (κ1) is 31.6. The molecule has 1 saturated heterocycles. The maximum Gasteiger partial charge on any atom is 0.277 e. The zero-order chi connectivity index (χ0) is 35.1. The molecule has 5 heterocycles. The van der Waals surface area contributed by atoms with Crippen LogP contribution in [0.15, 0.2) is 107 Å². The molecule has 2 N–H and O–H groups in total. The number of fused-ring (bicyclic) bond motifs is 2. The minimum absolute atomic E-state index is 0.0121. The van der Waals surface area contributed by atoms with Crippen molar-refractivity contribution in [1.29, 1.82) is 0 Å². The summed E-state index contributed by atoms with van der Waals surface area (Å²) in [5, 5.41) is 11.6. The molecule has 0 aliphatic carbocycles. The van der Waals surface area contributed by atoms with Gasteiger partial charge in [-0.3, -0.25) is 14.4 Å². The van der Waals surface area contributed by atoms with Gasteiger partial charge in [0, 0.05) is 68.8 Å². The standard InChI is InChI=1S/C37H31FN10O3/c1-45-35(50)29-22-40-37(42-33(29)48(45)32-8-4-5-15-39-32)41-24-10-12-25(13-11-24)46-16-18-47(19-17-46)36(51)28-20-23(9-14-30(28)38)21-31-26-6-2-3-7-27(26)34(49)44-43-31/h2-15,20,22H,16-19,21H2,1H3,(H,44,49)(H,40,41,42).